The highest BCUT2D eigenvalue weighted by Gasteiger charge is 2.43. The van der Waals surface area contributed by atoms with Gasteiger partial charge < -0.3 is 15.1 Å². The third kappa shape index (κ3) is 6.40. The van der Waals surface area contributed by atoms with E-state index in [0.29, 0.717) is 22.1 Å². The third-order valence-electron chi connectivity index (χ3n) is 7.97. The lowest BCUT2D eigenvalue weighted by atomic mass is 9.95. The normalized spacial score (nSPS) is 14.4. The molecule has 4 aromatic rings. The molecule has 0 spiro atoms. The molecule has 1 atom stereocenters. The van der Waals surface area contributed by atoms with E-state index >= 15 is 0 Å². The fraction of sp³-hybridized carbons (Fsp3) is 0.303. The number of nitrogens with one attached hydrogen (secondary N) is 2. The lowest BCUT2D eigenvalue weighted by Gasteiger charge is -2.25. The number of hydrogen-bond acceptors (Lipinski definition) is 6. The zero-order valence-electron chi connectivity index (χ0n) is 25.0. The molecule has 2 N–H and O–H groups in total. The van der Waals surface area contributed by atoms with Gasteiger partial charge in [0.15, 0.2) is 0 Å². The summed E-state index contributed by atoms with van der Waals surface area (Å²) in [5, 5.41) is 15.5. The summed E-state index contributed by atoms with van der Waals surface area (Å²) in [4.78, 5) is 26.5. The van der Waals surface area contributed by atoms with Crippen LogP contribution in [-0.2, 0) is 10.0 Å². The summed E-state index contributed by atoms with van der Waals surface area (Å²) < 4.78 is 60.3. The summed E-state index contributed by atoms with van der Waals surface area (Å²) in [5.74, 6) is -1.24. The van der Waals surface area contributed by atoms with Crippen molar-refractivity contribution in [3.8, 4) is 28.5 Å². The largest absolute Gasteiger partial charge is 0.455 e. The van der Waals surface area contributed by atoms with Crippen molar-refractivity contribution in [2.24, 2.45) is 5.92 Å². The first kappa shape index (κ1) is 31.7. The Bertz CT molecular complexity index is 1930. The van der Waals surface area contributed by atoms with Crippen molar-refractivity contribution >= 4 is 38.5 Å². The Morgan fingerprint density at radius 2 is 1.80 bits per heavy atom. The second-order valence-electron chi connectivity index (χ2n) is 11.3. The second-order valence-corrected chi connectivity index (χ2v) is 13.2. The molecule has 45 heavy (non-hydrogen) atoms. The number of hydrogen-bond donors (Lipinski definition) is 2. The van der Waals surface area contributed by atoms with Crippen molar-refractivity contribution in [3.63, 3.8) is 0 Å². The van der Waals surface area contributed by atoms with Gasteiger partial charge in [-0.05, 0) is 80.1 Å². The number of amides is 2. The van der Waals surface area contributed by atoms with Crippen molar-refractivity contribution in [2.45, 2.75) is 31.7 Å². The Morgan fingerprint density at radius 1 is 1.09 bits per heavy atom. The molecule has 1 fully saturated rings. The number of alkyl halides is 1. The van der Waals surface area contributed by atoms with Gasteiger partial charge in [0, 0.05) is 41.7 Å². The quantitative estimate of drug-likeness (QED) is 0.214. The van der Waals surface area contributed by atoms with Crippen molar-refractivity contribution in [1.29, 1.82) is 5.26 Å². The molecule has 234 valence electrons. The van der Waals surface area contributed by atoms with Crippen LogP contribution in [0.1, 0.15) is 46.9 Å². The van der Waals surface area contributed by atoms with Crippen molar-refractivity contribution in [3.05, 3.63) is 77.6 Å². The third-order valence-corrected chi connectivity index (χ3v) is 9.15. The predicted molar refractivity (Wildman–Crippen MR) is 167 cm³/mol. The molecule has 0 aliphatic heterocycles. The number of fused-ring (bicyclic) bond motifs is 1. The molecular weight excluding hydrogens is 602 g/mol. The topological polar surface area (TPSA) is 133 Å². The smallest absolute Gasteiger partial charge is 0.255 e. The molecule has 0 bridgehead atoms. The molecule has 5 rings (SSSR count). The molecule has 1 saturated carbocycles. The van der Waals surface area contributed by atoms with E-state index in [2.05, 4.69) is 16.7 Å². The van der Waals surface area contributed by atoms with Crippen LogP contribution in [0.3, 0.4) is 0 Å². The average Bonchev–Trinajstić information content (AvgIpc) is 3.82. The molecule has 1 aliphatic rings. The monoisotopic (exact) mass is 634 g/mol. The first-order valence-corrected chi connectivity index (χ1v) is 16.2. The predicted octanol–water partition coefficient (Wildman–Crippen LogP) is 5.81. The van der Waals surface area contributed by atoms with Crippen LogP contribution in [0.2, 0.25) is 0 Å². The van der Waals surface area contributed by atoms with Gasteiger partial charge in [-0.15, -0.1) is 0 Å². The van der Waals surface area contributed by atoms with Crippen LogP contribution in [-0.4, -0.2) is 52.3 Å². The molecule has 1 unspecified atom stereocenters. The molecule has 3 aromatic carbocycles. The number of carbonyl (C=O) groups is 2. The number of nitrogens with zero attached hydrogens (tertiary/aromatic N) is 2. The van der Waals surface area contributed by atoms with E-state index in [9.17, 15) is 32.0 Å². The summed E-state index contributed by atoms with van der Waals surface area (Å²) in [6.07, 6.45) is 2.60. The molecule has 0 radical (unpaired) electrons. The van der Waals surface area contributed by atoms with E-state index in [-0.39, 0.29) is 47.0 Å². The van der Waals surface area contributed by atoms with Crippen LogP contribution in [0.15, 0.2) is 65.1 Å². The summed E-state index contributed by atoms with van der Waals surface area (Å²) in [5.41, 5.74) is 0.857. The minimum atomic E-state index is -3.94. The maximum Gasteiger partial charge on any atom is 0.255 e. The van der Waals surface area contributed by atoms with Crippen molar-refractivity contribution < 1.29 is 31.2 Å². The molecule has 1 aliphatic carbocycles. The molecular formula is C33H32F2N4O5S. The second kappa shape index (κ2) is 12.3. The molecule has 2 amide bonds. The zero-order valence-corrected chi connectivity index (χ0v) is 25.8. The maximum absolute atomic E-state index is 13.7. The van der Waals surface area contributed by atoms with Gasteiger partial charge in [0.25, 0.3) is 11.8 Å². The molecule has 1 aromatic heterocycles. The van der Waals surface area contributed by atoms with Gasteiger partial charge in [-0.2, -0.15) is 5.26 Å². The Balaban J connectivity index is 1.74. The molecule has 12 heteroatoms. The lowest BCUT2D eigenvalue weighted by molar-refractivity contribution is 0.0915. The number of anilines is 1. The summed E-state index contributed by atoms with van der Waals surface area (Å²) in [7, 11) is -2.49. The van der Waals surface area contributed by atoms with Gasteiger partial charge in [-0.3, -0.25) is 18.3 Å². The standard InChI is InChI=1S/C33H32F2N4O5S/c1-33(19-36,23-10-11-23)38-31(40)22-7-4-6-21(16-22)25-17-26-28(18-27(25)39(15-5-14-34)45(3,42)43)44-30(29(26)32(41)37-2)20-8-12-24(35)13-9-20/h4,6-9,12-13,16-18,23H,5,10-11,14-15H2,1-3H3,(H,37,41)(H,38,40). The Labute approximate surface area is 259 Å². The van der Waals surface area contributed by atoms with Gasteiger partial charge in [-0.1, -0.05) is 12.1 Å². The van der Waals surface area contributed by atoms with E-state index in [1.807, 2.05) is 0 Å². The Hall–Kier alpha value is -4.76. The fourth-order valence-corrected chi connectivity index (χ4v) is 6.38. The molecule has 0 saturated heterocycles. The minimum Gasteiger partial charge on any atom is -0.455 e. The number of rotatable bonds is 11. The maximum atomic E-state index is 13.7. The fourth-order valence-electron chi connectivity index (χ4n) is 5.41. The highest BCUT2D eigenvalue weighted by molar-refractivity contribution is 7.92. The van der Waals surface area contributed by atoms with Crippen LogP contribution in [0.4, 0.5) is 14.5 Å². The Kier molecular flexibility index (Phi) is 8.67. The van der Waals surface area contributed by atoms with E-state index in [4.69, 9.17) is 4.42 Å². The highest BCUT2D eigenvalue weighted by atomic mass is 32.2. The minimum absolute atomic E-state index is 0.0574. The Morgan fingerprint density at radius 3 is 2.40 bits per heavy atom. The molecule has 9 nitrogen and oxygen atoms in total. The van der Waals surface area contributed by atoms with Crippen LogP contribution < -0.4 is 14.9 Å². The summed E-state index contributed by atoms with van der Waals surface area (Å²) in [6, 6.07) is 17.1. The number of carbonyl (C=O) groups excluding carboxylic acids is 2. The van der Waals surface area contributed by atoms with Crippen LogP contribution in [0, 0.1) is 23.1 Å². The first-order chi connectivity index (χ1) is 21.4. The number of sulfonamides is 1. The summed E-state index contributed by atoms with van der Waals surface area (Å²) in [6.45, 7) is 0.753. The molecule has 1 heterocycles. The van der Waals surface area contributed by atoms with Crippen molar-refractivity contribution in [2.75, 3.05) is 30.8 Å². The van der Waals surface area contributed by atoms with Crippen LogP contribution in [0.25, 0.3) is 33.4 Å². The SMILES string of the molecule is CNC(=O)c1c(-c2ccc(F)cc2)oc2cc(N(CCCF)S(C)(=O)=O)c(-c3cccc(C(=O)NC(C)(C#N)C4CC4)c3)cc12. The highest BCUT2D eigenvalue weighted by Crippen LogP contribution is 2.42. The van der Waals surface area contributed by atoms with E-state index in [1.165, 1.54) is 37.4 Å². The van der Waals surface area contributed by atoms with Gasteiger partial charge in [0.1, 0.15) is 22.7 Å². The lowest BCUT2D eigenvalue weighted by Crippen LogP contribution is -2.46. The van der Waals surface area contributed by atoms with Crippen LogP contribution >= 0.6 is 0 Å². The van der Waals surface area contributed by atoms with Gasteiger partial charge in [0.05, 0.1) is 30.3 Å². The van der Waals surface area contributed by atoms with Gasteiger partial charge in [0.2, 0.25) is 10.0 Å². The van der Waals surface area contributed by atoms with E-state index < -0.39 is 39.9 Å². The van der Waals surface area contributed by atoms with E-state index in [0.717, 1.165) is 23.4 Å². The number of nitriles is 1. The zero-order chi connectivity index (χ0) is 32.5. The van der Waals surface area contributed by atoms with Crippen molar-refractivity contribution in [1.82, 2.24) is 10.6 Å². The average molecular weight is 635 g/mol. The summed E-state index contributed by atoms with van der Waals surface area (Å²) >= 11 is 0. The van der Waals surface area contributed by atoms with Gasteiger partial charge in [-0.25, -0.2) is 12.8 Å². The van der Waals surface area contributed by atoms with Gasteiger partial charge >= 0.3 is 0 Å². The van der Waals surface area contributed by atoms with E-state index in [1.54, 1.807) is 37.3 Å². The number of benzene rings is 3. The number of furan rings is 1. The number of halogens is 2. The first-order valence-electron chi connectivity index (χ1n) is 14.4. The van der Waals surface area contributed by atoms with Crippen LogP contribution in [0.5, 0.6) is 0 Å².